The standard InChI is InChI=1S/C19H18F2N2O2/c1-10-6-11(2)8-12(7-10)22-18(24)13-9-14(13)19(25)23-17-15(20)4-3-5-16(17)21/h3-8,13-14H,9H2,1-2H3,(H,22,24)(H,23,25). The normalized spacial score (nSPS) is 18.6. The van der Waals surface area contributed by atoms with E-state index in [0.29, 0.717) is 12.1 Å². The zero-order valence-electron chi connectivity index (χ0n) is 13.9. The minimum Gasteiger partial charge on any atom is -0.326 e. The average molecular weight is 344 g/mol. The quantitative estimate of drug-likeness (QED) is 0.886. The van der Waals surface area contributed by atoms with Crippen molar-refractivity contribution in [3.05, 3.63) is 59.2 Å². The molecule has 2 N–H and O–H groups in total. The first kappa shape index (κ1) is 17.1. The molecule has 130 valence electrons. The maximum atomic E-state index is 13.6. The largest absolute Gasteiger partial charge is 0.326 e. The zero-order valence-corrected chi connectivity index (χ0v) is 13.9. The number of hydrogen-bond donors (Lipinski definition) is 2. The molecule has 2 atom stereocenters. The van der Waals surface area contributed by atoms with E-state index in [9.17, 15) is 18.4 Å². The maximum Gasteiger partial charge on any atom is 0.228 e. The molecule has 0 heterocycles. The summed E-state index contributed by atoms with van der Waals surface area (Å²) in [7, 11) is 0. The van der Waals surface area contributed by atoms with Crippen LogP contribution in [0.2, 0.25) is 0 Å². The van der Waals surface area contributed by atoms with Gasteiger partial charge < -0.3 is 10.6 Å². The van der Waals surface area contributed by atoms with Crippen LogP contribution in [-0.4, -0.2) is 11.8 Å². The van der Waals surface area contributed by atoms with Gasteiger partial charge >= 0.3 is 0 Å². The Hall–Kier alpha value is -2.76. The van der Waals surface area contributed by atoms with Crippen molar-refractivity contribution in [2.45, 2.75) is 20.3 Å². The number of carbonyl (C=O) groups is 2. The second-order valence-electron chi connectivity index (χ2n) is 6.40. The fourth-order valence-electron chi connectivity index (χ4n) is 2.89. The van der Waals surface area contributed by atoms with Crippen LogP contribution >= 0.6 is 0 Å². The van der Waals surface area contributed by atoms with Gasteiger partial charge in [0.25, 0.3) is 0 Å². The summed E-state index contributed by atoms with van der Waals surface area (Å²) in [6.45, 7) is 3.86. The Morgan fingerprint density at radius 2 is 1.44 bits per heavy atom. The summed E-state index contributed by atoms with van der Waals surface area (Å²) >= 11 is 0. The number of aryl methyl sites for hydroxylation is 2. The Labute approximate surface area is 144 Å². The van der Waals surface area contributed by atoms with E-state index >= 15 is 0 Å². The van der Waals surface area contributed by atoms with Crippen molar-refractivity contribution in [2.24, 2.45) is 11.8 Å². The van der Waals surface area contributed by atoms with Crippen LogP contribution in [0.15, 0.2) is 36.4 Å². The van der Waals surface area contributed by atoms with Crippen LogP contribution in [0.4, 0.5) is 20.2 Å². The topological polar surface area (TPSA) is 58.2 Å². The van der Waals surface area contributed by atoms with E-state index in [2.05, 4.69) is 10.6 Å². The minimum absolute atomic E-state index is 0.265. The predicted molar refractivity (Wildman–Crippen MR) is 91.1 cm³/mol. The lowest BCUT2D eigenvalue weighted by atomic mass is 10.1. The minimum atomic E-state index is -0.842. The van der Waals surface area contributed by atoms with Gasteiger partial charge in [-0.2, -0.15) is 0 Å². The highest BCUT2D eigenvalue weighted by molar-refractivity contribution is 6.03. The van der Waals surface area contributed by atoms with Crippen LogP contribution < -0.4 is 10.6 Å². The van der Waals surface area contributed by atoms with Crippen LogP contribution in [0.25, 0.3) is 0 Å². The summed E-state index contributed by atoms with van der Waals surface area (Å²) in [5.41, 5.74) is 2.24. The van der Waals surface area contributed by atoms with Crippen LogP contribution in [0, 0.1) is 37.3 Å². The Balaban J connectivity index is 1.62. The van der Waals surface area contributed by atoms with Gasteiger partial charge in [0.2, 0.25) is 11.8 Å². The molecule has 0 aliphatic heterocycles. The first-order chi connectivity index (χ1) is 11.8. The molecule has 0 spiro atoms. The molecule has 2 aromatic rings. The van der Waals surface area contributed by atoms with E-state index in [1.165, 1.54) is 6.07 Å². The van der Waals surface area contributed by atoms with E-state index in [4.69, 9.17) is 0 Å². The number of amides is 2. The SMILES string of the molecule is Cc1cc(C)cc(NC(=O)C2CC2C(=O)Nc2c(F)cccc2F)c1. The fraction of sp³-hybridized carbons (Fsp3) is 0.263. The molecule has 0 bridgehead atoms. The lowest BCUT2D eigenvalue weighted by Gasteiger charge is -2.09. The van der Waals surface area contributed by atoms with E-state index in [1.807, 2.05) is 32.0 Å². The summed E-state index contributed by atoms with van der Waals surface area (Å²) in [4.78, 5) is 24.4. The molecule has 2 unspecified atom stereocenters. The molecule has 0 radical (unpaired) electrons. The van der Waals surface area contributed by atoms with Gasteiger partial charge in [0.15, 0.2) is 0 Å². The van der Waals surface area contributed by atoms with Gasteiger partial charge in [-0.25, -0.2) is 8.78 Å². The number of rotatable bonds is 4. The molecular formula is C19H18F2N2O2. The molecule has 1 aliphatic carbocycles. The predicted octanol–water partition coefficient (Wildman–Crippen LogP) is 3.79. The molecule has 2 aromatic carbocycles. The van der Waals surface area contributed by atoms with Gasteiger partial charge in [0.1, 0.15) is 17.3 Å². The lowest BCUT2D eigenvalue weighted by molar-refractivity contribution is -0.122. The molecule has 0 saturated heterocycles. The Kier molecular flexibility index (Phi) is 4.53. The summed E-state index contributed by atoms with van der Waals surface area (Å²) < 4.78 is 27.2. The van der Waals surface area contributed by atoms with E-state index in [-0.39, 0.29) is 5.91 Å². The van der Waals surface area contributed by atoms with Crippen molar-refractivity contribution >= 4 is 23.2 Å². The van der Waals surface area contributed by atoms with Gasteiger partial charge in [-0.1, -0.05) is 12.1 Å². The number of para-hydroxylation sites is 1. The van der Waals surface area contributed by atoms with Crippen molar-refractivity contribution in [3.63, 3.8) is 0 Å². The number of anilines is 2. The third-order valence-electron chi connectivity index (χ3n) is 4.16. The molecule has 2 amide bonds. The second kappa shape index (κ2) is 6.63. The van der Waals surface area contributed by atoms with E-state index in [0.717, 1.165) is 23.3 Å². The molecule has 1 fully saturated rings. The highest BCUT2D eigenvalue weighted by Crippen LogP contribution is 2.40. The molecule has 1 saturated carbocycles. The van der Waals surface area contributed by atoms with Crippen LogP contribution in [0.1, 0.15) is 17.5 Å². The van der Waals surface area contributed by atoms with Gasteiger partial charge in [-0.3, -0.25) is 9.59 Å². The van der Waals surface area contributed by atoms with Crippen molar-refractivity contribution in [3.8, 4) is 0 Å². The molecular weight excluding hydrogens is 326 g/mol. The lowest BCUT2D eigenvalue weighted by Crippen LogP contribution is -2.21. The van der Waals surface area contributed by atoms with E-state index in [1.54, 1.807) is 0 Å². The van der Waals surface area contributed by atoms with Crippen molar-refractivity contribution in [2.75, 3.05) is 10.6 Å². The van der Waals surface area contributed by atoms with Crippen LogP contribution in [0.5, 0.6) is 0 Å². The average Bonchev–Trinajstić information content (AvgIpc) is 3.30. The number of carbonyl (C=O) groups excluding carboxylic acids is 2. The second-order valence-corrected chi connectivity index (χ2v) is 6.40. The van der Waals surface area contributed by atoms with Crippen molar-refractivity contribution in [1.82, 2.24) is 0 Å². The first-order valence-corrected chi connectivity index (χ1v) is 7.99. The molecule has 4 nitrogen and oxygen atoms in total. The third-order valence-corrected chi connectivity index (χ3v) is 4.16. The van der Waals surface area contributed by atoms with Crippen molar-refractivity contribution < 1.29 is 18.4 Å². The molecule has 25 heavy (non-hydrogen) atoms. The molecule has 1 aliphatic rings. The van der Waals surface area contributed by atoms with Crippen LogP contribution in [0.3, 0.4) is 0 Å². The Morgan fingerprint density at radius 1 is 0.920 bits per heavy atom. The van der Waals surface area contributed by atoms with Crippen molar-refractivity contribution in [1.29, 1.82) is 0 Å². The summed E-state index contributed by atoms with van der Waals surface area (Å²) in [5.74, 6) is -3.57. The van der Waals surface area contributed by atoms with Gasteiger partial charge in [-0.15, -0.1) is 0 Å². The van der Waals surface area contributed by atoms with E-state index < -0.39 is 35.1 Å². The van der Waals surface area contributed by atoms with Gasteiger partial charge in [-0.05, 0) is 55.7 Å². The Morgan fingerprint density at radius 3 is 2.00 bits per heavy atom. The fourth-order valence-corrected chi connectivity index (χ4v) is 2.89. The number of nitrogens with one attached hydrogen (secondary N) is 2. The summed E-state index contributed by atoms with van der Waals surface area (Å²) in [5, 5.41) is 5.03. The van der Waals surface area contributed by atoms with Gasteiger partial charge in [0, 0.05) is 5.69 Å². The van der Waals surface area contributed by atoms with Crippen LogP contribution in [-0.2, 0) is 9.59 Å². The number of benzene rings is 2. The zero-order chi connectivity index (χ0) is 18.1. The maximum absolute atomic E-state index is 13.6. The van der Waals surface area contributed by atoms with Gasteiger partial charge in [0.05, 0.1) is 11.8 Å². The third kappa shape index (κ3) is 3.84. The smallest absolute Gasteiger partial charge is 0.228 e. The first-order valence-electron chi connectivity index (χ1n) is 7.99. The summed E-state index contributed by atoms with van der Waals surface area (Å²) in [6.07, 6.45) is 0.360. The highest BCUT2D eigenvalue weighted by atomic mass is 19.1. The molecule has 6 heteroatoms. The summed E-state index contributed by atoms with van der Waals surface area (Å²) in [6, 6.07) is 9.03. The molecule has 0 aromatic heterocycles. The monoisotopic (exact) mass is 344 g/mol. The number of halogens is 2. The highest BCUT2D eigenvalue weighted by Gasteiger charge is 2.48. The Bertz CT molecular complexity index is 811. The number of hydrogen-bond acceptors (Lipinski definition) is 2. The molecule has 3 rings (SSSR count).